The molecule has 0 radical (unpaired) electrons. The summed E-state index contributed by atoms with van der Waals surface area (Å²) in [5.41, 5.74) is 4.31. The number of benzene rings is 3. The molecule has 0 fully saturated rings. The number of rotatable bonds is 10. The van der Waals surface area contributed by atoms with Crippen molar-refractivity contribution in [1.82, 2.24) is 5.32 Å². The zero-order valence-corrected chi connectivity index (χ0v) is 21.0. The van der Waals surface area contributed by atoms with Crippen molar-refractivity contribution in [3.63, 3.8) is 0 Å². The van der Waals surface area contributed by atoms with Crippen molar-refractivity contribution in [2.75, 3.05) is 24.5 Å². The number of para-hydroxylation sites is 1. The summed E-state index contributed by atoms with van der Waals surface area (Å²) in [4.78, 5) is 13.0. The summed E-state index contributed by atoms with van der Waals surface area (Å²) >= 11 is 0. The molecule has 0 bridgehead atoms. The SMILES string of the molecule is COc1ccccc1CCCNC(=O)CN(c1cccc(C)c1C)S(=O)(=O)c1ccc(C)cc1. The molecular weight excluding hydrogens is 448 g/mol. The minimum atomic E-state index is -3.93. The summed E-state index contributed by atoms with van der Waals surface area (Å²) in [5, 5.41) is 2.87. The molecule has 0 spiro atoms. The van der Waals surface area contributed by atoms with Gasteiger partial charge in [0.05, 0.1) is 17.7 Å². The second-order valence-electron chi connectivity index (χ2n) is 8.31. The van der Waals surface area contributed by atoms with Crippen LogP contribution in [0.25, 0.3) is 0 Å². The Morgan fingerprint density at radius 3 is 2.35 bits per heavy atom. The quantitative estimate of drug-likeness (QED) is 0.432. The summed E-state index contributed by atoms with van der Waals surface area (Å²) < 4.78 is 33.7. The highest BCUT2D eigenvalue weighted by Crippen LogP contribution is 2.28. The lowest BCUT2D eigenvalue weighted by Crippen LogP contribution is -2.41. The van der Waals surface area contributed by atoms with E-state index < -0.39 is 10.0 Å². The third-order valence-corrected chi connectivity index (χ3v) is 7.65. The number of amides is 1. The van der Waals surface area contributed by atoms with E-state index >= 15 is 0 Å². The number of carbonyl (C=O) groups excluding carboxylic acids is 1. The van der Waals surface area contributed by atoms with Gasteiger partial charge in [-0.15, -0.1) is 0 Å². The fourth-order valence-electron chi connectivity index (χ4n) is 3.75. The lowest BCUT2D eigenvalue weighted by molar-refractivity contribution is -0.119. The van der Waals surface area contributed by atoms with Gasteiger partial charge in [0, 0.05) is 6.54 Å². The Labute approximate surface area is 202 Å². The van der Waals surface area contributed by atoms with E-state index in [1.54, 1.807) is 43.5 Å². The van der Waals surface area contributed by atoms with E-state index in [1.807, 2.05) is 51.1 Å². The van der Waals surface area contributed by atoms with Gasteiger partial charge in [0.1, 0.15) is 12.3 Å². The van der Waals surface area contributed by atoms with Crippen molar-refractivity contribution in [3.05, 3.63) is 89.0 Å². The molecule has 0 aliphatic rings. The van der Waals surface area contributed by atoms with Crippen molar-refractivity contribution in [1.29, 1.82) is 0 Å². The fraction of sp³-hybridized carbons (Fsp3) is 0.296. The summed E-state index contributed by atoms with van der Waals surface area (Å²) in [6, 6.07) is 19.9. The van der Waals surface area contributed by atoms with Gasteiger partial charge in [0.25, 0.3) is 10.0 Å². The topological polar surface area (TPSA) is 75.7 Å². The summed E-state index contributed by atoms with van der Waals surface area (Å²) in [5.74, 6) is 0.468. The lowest BCUT2D eigenvalue weighted by Gasteiger charge is -2.26. The average molecular weight is 481 g/mol. The molecule has 0 atom stereocenters. The van der Waals surface area contributed by atoms with Gasteiger partial charge < -0.3 is 10.1 Å². The predicted molar refractivity (Wildman–Crippen MR) is 136 cm³/mol. The van der Waals surface area contributed by atoms with Gasteiger partial charge in [0.2, 0.25) is 5.91 Å². The van der Waals surface area contributed by atoms with Gasteiger partial charge in [-0.05, 0) is 74.6 Å². The van der Waals surface area contributed by atoms with Crippen molar-refractivity contribution in [2.24, 2.45) is 0 Å². The zero-order valence-electron chi connectivity index (χ0n) is 20.2. The van der Waals surface area contributed by atoms with E-state index in [1.165, 1.54) is 4.31 Å². The third-order valence-electron chi connectivity index (χ3n) is 5.88. The van der Waals surface area contributed by atoms with Crippen LogP contribution in [0.2, 0.25) is 0 Å². The predicted octanol–water partition coefficient (Wildman–Crippen LogP) is 4.56. The van der Waals surface area contributed by atoms with E-state index in [0.717, 1.165) is 34.4 Å². The minimum Gasteiger partial charge on any atom is -0.496 e. The molecule has 6 nitrogen and oxygen atoms in total. The van der Waals surface area contributed by atoms with Crippen molar-refractivity contribution >= 4 is 21.6 Å². The van der Waals surface area contributed by atoms with E-state index in [-0.39, 0.29) is 17.3 Å². The number of methoxy groups -OCH3 is 1. The fourth-order valence-corrected chi connectivity index (χ4v) is 5.22. The molecular formula is C27H32N2O4S. The molecule has 3 aromatic carbocycles. The Hall–Kier alpha value is -3.32. The molecule has 0 unspecified atom stereocenters. The molecule has 0 aliphatic carbocycles. The number of hydrogen-bond donors (Lipinski definition) is 1. The van der Waals surface area contributed by atoms with Gasteiger partial charge in [-0.25, -0.2) is 8.42 Å². The van der Waals surface area contributed by atoms with Crippen LogP contribution in [0.4, 0.5) is 5.69 Å². The highest BCUT2D eigenvalue weighted by molar-refractivity contribution is 7.92. The first-order chi connectivity index (χ1) is 16.2. The van der Waals surface area contributed by atoms with Crippen LogP contribution in [0, 0.1) is 20.8 Å². The third kappa shape index (κ3) is 5.97. The molecule has 0 aliphatic heterocycles. The van der Waals surface area contributed by atoms with Crippen molar-refractivity contribution in [3.8, 4) is 5.75 Å². The summed E-state index contributed by atoms with van der Waals surface area (Å²) in [7, 11) is -2.30. The molecule has 1 N–H and O–H groups in total. The summed E-state index contributed by atoms with van der Waals surface area (Å²) in [6.45, 7) is 5.83. The number of carbonyl (C=O) groups is 1. The van der Waals surface area contributed by atoms with Gasteiger partial charge in [-0.2, -0.15) is 0 Å². The molecule has 3 aromatic rings. The monoisotopic (exact) mass is 480 g/mol. The largest absolute Gasteiger partial charge is 0.496 e. The maximum atomic E-state index is 13.6. The normalized spacial score (nSPS) is 11.2. The van der Waals surface area contributed by atoms with Crippen LogP contribution in [0.3, 0.4) is 0 Å². The molecule has 0 heterocycles. The van der Waals surface area contributed by atoms with Crippen LogP contribution >= 0.6 is 0 Å². The second-order valence-corrected chi connectivity index (χ2v) is 10.2. The van der Waals surface area contributed by atoms with Gasteiger partial charge >= 0.3 is 0 Å². The maximum Gasteiger partial charge on any atom is 0.264 e. The first kappa shape index (κ1) is 25.3. The number of aryl methyl sites for hydroxylation is 3. The Morgan fingerprint density at radius 2 is 1.65 bits per heavy atom. The average Bonchev–Trinajstić information content (AvgIpc) is 2.82. The first-order valence-electron chi connectivity index (χ1n) is 11.3. The van der Waals surface area contributed by atoms with E-state index in [9.17, 15) is 13.2 Å². The highest BCUT2D eigenvalue weighted by Gasteiger charge is 2.28. The van der Waals surface area contributed by atoms with Crippen molar-refractivity contribution in [2.45, 2.75) is 38.5 Å². The summed E-state index contributed by atoms with van der Waals surface area (Å²) in [6.07, 6.45) is 1.45. The Balaban J connectivity index is 1.75. The van der Waals surface area contributed by atoms with Crippen LogP contribution in [0.15, 0.2) is 71.6 Å². The maximum absolute atomic E-state index is 13.6. The second kappa shape index (κ2) is 11.2. The molecule has 7 heteroatoms. The molecule has 180 valence electrons. The van der Waals surface area contributed by atoms with E-state index in [2.05, 4.69) is 5.32 Å². The van der Waals surface area contributed by atoms with Crippen molar-refractivity contribution < 1.29 is 17.9 Å². The van der Waals surface area contributed by atoms with Crippen LogP contribution in [-0.4, -0.2) is 34.5 Å². The number of ether oxygens (including phenoxy) is 1. The molecule has 0 aromatic heterocycles. The van der Waals surface area contributed by atoms with Gasteiger partial charge in [0.15, 0.2) is 0 Å². The van der Waals surface area contributed by atoms with Gasteiger partial charge in [-0.1, -0.05) is 48.0 Å². The van der Waals surface area contributed by atoms with E-state index in [4.69, 9.17) is 4.74 Å². The van der Waals surface area contributed by atoms with Crippen LogP contribution in [-0.2, 0) is 21.2 Å². The Bertz CT molecular complexity index is 1240. The molecule has 3 rings (SSSR count). The van der Waals surface area contributed by atoms with Gasteiger partial charge in [-0.3, -0.25) is 9.10 Å². The van der Waals surface area contributed by atoms with E-state index in [0.29, 0.717) is 18.7 Å². The molecule has 1 amide bonds. The smallest absolute Gasteiger partial charge is 0.264 e. The number of nitrogens with zero attached hydrogens (tertiary/aromatic N) is 1. The number of sulfonamides is 1. The minimum absolute atomic E-state index is 0.156. The van der Waals surface area contributed by atoms with Crippen LogP contribution < -0.4 is 14.4 Å². The Morgan fingerprint density at radius 1 is 0.941 bits per heavy atom. The molecule has 34 heavy (non-hydrogen) atoms. The number of anilines is 1. The lowest BCUT2D eigenvalue weighted by atomic mass is 10.1. The zero-order chi connectivity index (χ0) is 24.7. The van der Waals surface area contributed by atoms with Crippen LogP contribution in [0.1, 0.15) is 28.7 Å². The number of hydrogen-bond acceptors (Lipinski definition) is 4. The Kier molecular flexibility index (Phi) is 8.34. The molecule has 0 saturated carbocycles. The first-order valence-corrected chi connectivity index (χ1v) is 12.7. The highest BCUT2D eigenvalue weighted by atomic mass is 32.2. The standard InChI is InChI=1S/C27H32N2O4S/c1-20-14-16-24(17-15-20)34(31,32)29(25-12-7-9-21(2)22(25)3)19-27(30)28-18-8-11-23-10-5-6-13-26(23)33-4/h5-7,9-10,12-17H,8,11,18-19H2,1-4H3,(H,28,30). The number of nitrogens with one attached hydrogen (secondary N) is 1. The van der Waals surface area contributed by atoms with Crippen LogP contribution in [0.5, 0.6) is 5.75 Å². The molecule has 0 saturated heterocycles.